The monoisotopic (exact) mass is 388 g/mol. The van der Waals surface area contributed by atoms with Crippen molar-refractivity contribution < 1.29 is 14.3 Å². The summed E-state index contributed by atoms with van der Waals surface area (Å²) in [7, 11) is 0. The Kier molecular flexibility index (Phi) is 5.69. The molecule has 3 rings (SSSR count). The second-order valence-electron chi connectivity index (χ2n) is 5.95. The molecule has 126 valence electrons. The van der Waals surface area contributed by atoms with Crippen molar-refractivity contribution in [3.63, 3.8) is 0 Å². The Bertz CT molecular complexity index is 709. The van der Waals surface area contributed by atoms with Crippen molar-refractivity contribution >= 4 is 21.7 Å². The Morgan fingerprint density at radius 1 is 1.25 bits per heavy atom. The van der Waals surface area contributed by atoms with Gasteiger partial charge in [0.25, 0.3) is 0 Å². The van der Waals surface area contributed by atoms with Crippen LogP contribution >= 0.6 is 15.9 Å². The number of halogens is 1. The Labute approximate surface area is 151 Å². The van der Waals surface area contributed by atoms with Crippen LogP contribution in [-0.4, -0.2) is 19.0 Å². The van der Waals surface area contributed by atoms with Gasteiger partial charge < -0.3 is 9.47 Å². The highest BCUT2D eigenvalue weighted by atomic mass is 79.9. The van der Waals surface area contributed by atoms with E-state index in [1.807, 2.05) is 30.3 Å². The Hall–Kier alpha value is -1.65. The summed E-state index contributed by atoms with van der Waals surface area (Å²) in [4.78, 5) is 12.6. The van der Waals surface area contributed by atoms with Gasteiger partial charge in [-0.05, 0) is 60.4 Å². The maximum atomic E-state index is 12.6. The first kappa shape index (κ1) is 17.2. The number of fused-ring (bicyclic) bond motifs is 1. The number of carbonyl (C=O) groups excluding carboxylic acids is 1. The first-order chi connectivity index (χ1) is 11.7. The minimum absolute atomic E-state index is 0.0952. The van der Waals surface area contributed by atoms with E-state index < -0.39 is 0 Å². The molecule has 0 amide bonds. The van der Waals surface area contributed by atoms with Crippen LogP contribution in [0.5, 0.6) is 5.75 Å². The predicted octanol–water partition coefficient (Wildman–Crippen LogP) is 5.12. The zero-order valence-electron chi connectivity index (χ0n) is 13.8. The summed E-state index contributed by atoms with van der Waals surface area (Å²) < 4.78 is 12.5. The SMILES string of the molecule is CCCOc1ccc(C(=O)CC2OCCc3cc(Br)ccc32)cc1. The van der Waals surface area contributed by atoms with Gasteiger partial charge in [0.15, 0.2) is 5.78 Å². The van der Waals surface area contributed by atoms with Crippen LogP contribution in [0.2, 0.25) is 0 Å². The number of ketones is 1. The maximum absolute atomic E-state index is 12.6. The molecular formula is C20H21BrO3. The lowest BCUT2D eigenvalue weighted by atomic mass is 9.93. The smallest absolute Gasteiger partial charge is 0.165 e. The third kappa shape index (κ3) is 4.05. The summed E-state index contributed by atoms with van der Waals surface area (Å²) in [6.45, 7) is 3.42. The van der Waals surface area contributed by atoms with Crippen molar-refractivity contribution in [2.24, 2.45) is 0 Å². The molecule has 1 aliphatic rings. The molecule has 1 atom stereocenters. The topological polar surface area (TPSA) is 35.5 Å². The molecule has 1 unspecified atom stereocenters. The third-order valence-corrected chi connectivity index (χ3v) is 4.66. The van der Waals surface area contributed by atoms with Crippen molar-refractivity contribution in [2.75, 3.05) is 13.2 Å². The van der Waals surface area contributed by atoms with Gasteiger partial charge in [-0.25, -0.2) is 0 Å². The number of carbonyl (C=O) groups is 1. The summed E-state index contributed by atoms with van der Waals surface area (Å²) >= 11 is 3.50. The van der Waals surface area contributed by atoms with Crippen LogP contribution in [0.15, 0.2) is 46.9 Å². The van der Waals surface area contributed by atoms with Crippen LogP contribution in [0.3, 0.4) is 0 Å². The lowest BCUT2D eigenvalue weighted by Crippen LogP contribution is -2.19. The average molecular weight is 389 g/mol. The minimum atomic E-state index is -0.162. The fourth-order valence-corrected chi connectivity index (χ4v) is 3.33. The van der Waals surface area contributed by atoms with E-state index in [0.717, 1.165) is 28.6 Å². The highest BCUT2D eigenvalue weighted by Gasteiger charge is 2.24. The molecule has 0 saturated carbocycles. The first-order valence-electron chi connectivity index (χ1n) is 8.33. The maximum Gasteiger partial charge on any atom is 0.165 e. The molecule has 0 fully saturated rings. The fourth-order valence-electron chi connectivity index (χ4n) is 2.92. The van der Waals surface area contributed by atoms with Gasteiger partial charge in [0.2, 0.25) is 0 Å². The molecule has 0 spiro atoms. The molecule has 0 aromatic heterocycles. The molecule has 3 nitrogen and oxygen atoms in total. The van der Waals surface area contributed by atoms with Crippen LogP contribution in [0.4, 0.5) is 0 Å². The third-order valence-electron chi connectivity index (χ3n) is 4.16. The largest absolute Gasteiger partial charge is 0.494 e. The van der Waals surface area contributed by atoms with Gasteiger partial charge in [0.1, 0.15) is 5.75 Å². The van der Waals surface area contributed by atoms with Crippen LogP contribution in [0.25, 0.3) is 0 Å². The highest BCUT2D eigenvalue weighted by Crippen LogP contribution is 2.32. The number of Topliss-reactive ketones (excluding diaryl/α,β-unsaturated/α-hetero) is 1. The van der Waals surface area contributed by atoms with Crippen molar-refractivity contribution in [3.8, 4) is 5.75 Å². The van der Waals surface area contributed by atoms with E-state index in [-0.39, 0.29) is 11.9 Å². The van der Waals surface area contributed by atoms with Gasteiger partial charge in [-0.2, -0.15) is 0 Å². The Morgan fingerprint density at radius 3 is 2.79 bits per heavy atom. The van der Waals surface area contributed by atoms with Gasteiger partial charge in [-0.15, -0.1) is 0 Å². The van der Waals surface area contributed by atoms with E-state index in [9.17, 15) is 4.79 Å². The van der Waals surface area contributed by atoms with E-state index in [4.69, 9.17) is 9.47 Å². The molecular weight excluding hydrogens is 368 g/mol. The normalized spacial score (nSPS) is 16.5. The van der Waals surface area contributed by atoms with Crippen molar-refractivity contribution in [2.45, 2.75) is 32.3 Å². The number of ether oxygens (including phenoxy) is 2. The zero-order valence-corrected chi connectivity index (χ0v) is 15.3. The van der Waals surface area contributed by atoms with Gasteiger partial charge in [0.05, 0.1) is 19.3 Å². The summed E-state index contributed by atoms with van der Waals surface area (Å²) in [5.41, 5.74) is 3.09. The number of hydrogen-bond acceptors (Lipinski definition) is 3. The van der Waals surface area contributed by atoms with E-state index >= 15 is 0 Å². The average Bonchev–Trinajstić information content (AvgIpc) is 2.60. The fraction of sp³-hybridized carbons (Fsp3) is 0.350. The Balaban J connectivity index is 1.69. The van der Waals surface area contributed by atoms with Crippen LogP contribution < -0.4 is 4.74 Å². The Morgan fingerprint density at radius 2 is 2.04 bits per heavy atom. The highest BCUT2D eigenvalue weighted by molar-refractivity contribution is 9.10. The molecule has 0 aliphatic carbocycles. The molecule has 1 aliphatic heterocycles. The summed E-state index contributed by atoms with van der Waals surface area (Å²) in [5, 5.41) is 0. The molecule has 0 radical (unpaired) electrons. The molecule has 2 aromatic carbocycles. The number of hydrogen-bond donors (Lipinski definition) is 0. The lowest BCUT2D eigenvalue weighted by Gasteiger charge is -2.26. The summed E-state index contributed by atoms with van der Waals surface area (Å²) in [6.07, 6.45) is 2.06. The number of rotatable bonds is 6. The number of benzene rings is 2. The van der Waals surface area contributed by atoms with Gasteiger partial charge in [-0.3, -0.25) is 4.79 Å². The second kappa shape index (κ2) is 7.95. The zero-order chi connectivity index (χ0) is 16.9. The van der Waals surface area contributed by atoms with E-state index in [2.05, 4.69) is 35.0 Å². The molecule has 4 heteroatoms. The van der Waals surface area contributed by atoms with Crippen molar-refractivity contribution in [3.05, 3.63) is 63.6 Å². The molecule has 0 N–H and O–H groups in total. The van der Waals surface area contributed by atoms with Crippen LogP contribution in [-0.2, 0) is 11.2 Å². The van der Waals surface area contributed by atoms with Crippen LogP contribution in [0, 0.1) is 0 Å². The van der Waals surface area contributed by atoms with Crippen LogP contribution in [0.1, 0.15) is 47.4 Å². The van der Waals surface area contributed by atoms with E-state index in [0.29, 0.717) is 25.2 Å². The standard InChI is InChI=1S/C20H21BrO3/c1-2-10-23-17-6-3-14(4-7-17)19(22)13-20-18-8-5-16(21)12-15(18)9-11-24-20/h3-8,12,20H,2,9-11,13H2,1H3. The van der Waals surface area contributed by atoms with Crippen molar-refractivity contribution in [1.82, 2.24) is 0 Å². The molecule has 2 aromatic rings. The molecule has 24 heavy (non-hydrogen) atoms. The predicted molar refractivity (Wildman–Crippen MR) is 97.7 cm³/mol. The van der Waals surface area contributed by atoms with E-state index in [1.165, 1.54) is 5.56 Å². The molecule has 0 saturated heterocycles. The van der Waals surface area contributed by atoms with Gasteiger partial charge >= 0.3 is 0 Å². The van der Waals surface area contributed by atoms with E-state index in [1.54, 1.807) is 0 Å². The molecule has 1 heterocycles. The van der Waals surface area contributed by atoms with Gasteiger partial charge in [-0.1, -0.05) is 28.9 Å². The quantitative estimate of drug-likeness (QED) is 0.643. The summed E-state index contributed by atoms with van der Waals surface area (Å²) in [6, 6.07) is 13.6. The second-order valence-corrected chi connectivity index (χ2v) is 6.87. The summed E-state index contributed by atoms with van der Waals surface area (Å²) in [5.74, 6) is 0.898. The first-order valence-corrected chi connectivity index (χ1v) is 9.12. The lowest BCUT2D eigenvalue weighted by molar-refractivity contribution is 0.0351. The minimum Gasteiger partial charge on any atom is -0.494 e. The van der Waals surface area contributed by atoms with Crippen molar-refractivity contribution in [1.29, 1.82) is 0 Å². The molecule has 0 bridgehead atoms. The van der Waals surface area contributed by atoms with Gasteiger partial charge in [0, 0.05) is 16.5 Å².